The van der Waals surface area contributed by atoms with Gasteiger partial charge in [0.2, 0.25) is 0 Å². The smallest absolute Gasteiger partial charge is 0.368 e. The first-order valence-corrected chi connectivity index (χ1v) is 14.2. The second kappa shape index (κ2) is 12.3. The fraction of sp³-hybridized carbons (Fsp3) is 0.519. The summed E-state index contributed by atoms with van der Waals surface area (Å²) in [5.74, 6) is -0.309. The molecule has 0 bridgehead atoms. The van der Waals surface area contributed by atoms with Gasteiger partial charge in [0.25, 0.3) is 17.4 Å². The molecule has 1 atom stereocenters. The topological polar surface area (TPSA) is 85.8 Å². The fourth-order valence-corrected chi connectivity index (χ4v) is 6.31. The number of aromatic nitrogens is 1. The maximum Gasteiger partial charge on any atom is 0.430 e. The highest BCUT2D eigenvalue weighted by Gasteiger charge is 2.62. The third-order valence-corrected chi connectivity index (χ3v) is 8.54. The van der Waals surface area contributed by atoms with Crippen LogP contribution >= 0.6 is 34.8 Å². The summed E-state index contributed by atoms with van der Waals surface area (Å²) in [6.45, 7) is 1.78. The zero-order valence-corrected chi connectivity index (χ0v) is 24.0. The van der Waals surface area contributed by atoms with Gasteiger partial charge < -0.3 is 20.2 Å². The van der Waals surface area contributed by atoms with Crippen molar-refractivity contribution < 1.29 is 27.9 Å². The van der Waals surface area contributed by atoms with Crippen LogP contribution < -0.4 is 10.2 Å². The summed E-state index contributed by atoms with van der Waals surface area (Å²) in [7, 11) is 1.53. The van der Waals surface area contributed by atoms with Crippen molar-refractivity contribution in [1.82, 2.24) is 15.2 Å². The molecular weight excluding hydrogens is 592 g/mol. The monoisotopic (exact) mass is 620 g/mol. The number of carbonyl (C=O) groups is 2. The molecule has 13 heteroatoms. The molecule has 3 heterocycles. The SMILES string of the molecule is CNC(=O)c1ccc(N2CCC(CC3CCN(C(=O)C(O)(c4cc(Cl)cc(Cl)c4)C(F)(F)F)CC3)CC2)nc1Cl. The van der Waals surface area contributed by atoms with Gasteiger partial charge >= 0.3 is 6.18 Å². The number of benzene rings is 1. The lowest BCUT2D eigenvalue weighted by Gasteiger charge is -2.40. The quantitative estimate of drug-likeness (QED) is 0.405. The van der Waals surface area contributed by atoms with Crippen LogP contribution in [0.3, 0.4) is 0 Å². The Bertz CT molecular complexity index is 1230. The summed E-state index contributed by atoms with van der Waals surface area (Å²) in [6, 6.07) is 6.50. The van der Waals surface area contributed by atoms with Crippen molar-refractivity contribution in [3.63, 3.8) is 0 Å². The number of hydrogen-bond acceptors (Lipinski definition) is 5. The minimum atomic E-state index is -5.26. The molecule has 2 amide bonds. The summed E-state index contributed by atoms with van der Waals surface area (Å²) in [5, 5.41) is 13.2. The van der Waals surface area contributed by atoms with Crippen molar-refractivity contribution in [3.05, 3.63) is 56.7 Å². The van der Waals surface area contributed by atoms with Crippen molar-refractivity contribution in [1.29, 1.82) is 0 Å². The van der Waals surface area contributed by atoms with Gasteiger partial charge in [-0.05, 0) is 74.3 Å². The van der Waals surface area contributed by atoms with Crippen LogP contribution in [-0.4, -0.2) is 66.2 Å². The van der Waals surface area contributed by atoms with Crippen LogP contribution in [0.25, 0.3) is 0 Å². The van der Waals surface area contributed by atoms with E-state index in [0.29, 0.717) is 30.1 Å². The van der Waals surface area contributed by atoms with Crippen LogP contribution in [0.4, 0.5) is 19.0 Å². The molecule has 0 aliphatic carbocycles. The van der Waals surface area contributed by atoms with Gasteiger partial charge in [0.15, 0.2) is 0 Å². The summed E-state index contributed by atoms with van der Waals surface area (Å²) in [6.07, 6.45) is -1.42. The highest BCUT2D eigenvalue weighted by molar-refractivity contribution is 6.34. The Labute approximate surface area is 245 Å². The number of pyridine rings is 1. The van der Waals surface area contributed by atoms with Gasteiger partial charge in [-0.2, -0.15) is 13.2 Å². The van der Waals surface area contributed by atoms with E-state index < -0.39 is 23.2 Å². The van der Waals surface area contributed by atoms with E-state index in [-0.39, 0.29) is 40.1 Å². The normalized spacial score (nSPS) is 18.9. The van der Waals surface area contributed by atoms with Gasteiger partial charge in [0.1, 0.15) is 11.0 Å². The highest BCUT2D eigenvalue weighted by atomic mass is 35.5. The van der Waals surface area contributed by atoms with Crippen LogP contribution in [0.2, 0.25) is 15.2 Å². The number of nitrogens with one attached hydrogen (secondary N) is 1. The lowest BCUT2D eigenvalue weighted by molar-refractivity contribution is -0.262. The number of likely N-dealkylation sites (tertiary alicyclic amines) is 1. The molecule has 2 N–H and O–H groups in total. The molecule has 1 aromatic heterocycles. The van der Waals surface area contributed by atoms with Crippen LogP contribution in [0.1, 0.15) is 48.0 Å². The highest BCUT2D eigenvalue weighted by Crippen LogP contribution is 2.43. The Balaban J connectivity index is 1.32. The molecule has 2 fully saturated rings. The zero-order valence-electron chi connectivity index (χ0n) is 21.8. The number of piperidine rings is 2. The second-order valence-corrected chi connectivity index (χ2v) is 11.6. The summed E-state index contributed by atoms with van der Waals surface area (Å²) >= 11 is 17.9. The lowest BCUT2D eigenvalue weighted by atomic mass is 9.82. The van der Waals surface area contributed by atoms with Crippen molar-refractivity contribution >= 4 is 52.4 Å². The minimum Gasteiger partial charge on any atom is -0.368 e. The molecule has 7 nitrogen and oxygen atoms in total. The Kier molecular flexibility index (Phi) is 9.44. The number of anilines is 1. The Morgan fingerprint density at radius 2 is 1.52 bits per heavy atom. The van der Waals surface area contributed by atoms with Crippen molar-refractivity contribution in [3.8, 4) is 0 Å². The van der Waals surface area contributed by atoms with Crippen LogP contribution in [0, 0.1) is 11.8 Å². The van der Waals surface area contributed by atoms with Crippen molar-refractivity contribution in [2.24, 2.45) is 11.8 Å². The first-order chi connectivity index (χ1) is 18.8. The van der Waals surface area contributed by atoms with Crippen molar-refractivity contribution in [2.75, 3.05) is 38.1 Å². The van der Waals surface area contributed by atoms with Crippen LogP contribution in [-0.2, 0) is 10.4 Å². The van der Waals surface area contributed by atoms with Gasteiger partial charge in [0.05, 0.1) is 5.56 Å². The molecule has 2 aliphatic heterocycles. The number of aliphatic hydroxyl groups is 1. The fourth-order valence-electron chi connectivity index (χ4n) is 5.55. The number of carbonyl (C=O) groups excluding carboxylic acids is 2. The lowest BCUT2D eigenvalue weighted by Crippen LogP contribution is -2.57. The third-order valence-electron chi connectivity index (χ3n) is 7.81. The molecule has 4 rings (SSSR count). The van der Waals surface area contributed by atoms with E-state index in [9.17, 15) is 27.9 Å². The van der Waals surface area contributed by atoms with Gasteiger partial charge in [0, 0.05) is 48.8 Å². The first-order valence-electron chi connectivity index (χ1n) is 13.0. The minimum absolute atomic E-state index is 0.109. The van der Waals surface area contributed by atoms with E-state index >= 15 is 0 Å². The van der Waals surface area contributed by atoms with Gasteiger partial charge in [-0.15, -0.1) is 0 Å². The predicted molar refractivity (Wildman–Crippen MR) is 148 cm³/mol. The average molecular weight is 622 g/mol. The summed E-state index contributed by atoms with van der Waals surface area (Å²) < 4.78 is 42.2. The standard InChI is InChI=1S/C27H30Cl3F3N4O3/c1-34-24(38)21-2-3-22(35-23(21)30)36-8-4-16(5-9-36)12-17-6-10-37(11-7-17)25(39)26(40,27(31,32)33)18-13-19(28)15-20(29)14-18/h2-3,13-17,40H,4-12H2,1H3,(H,34,38). The second-order valence-electron chi connectivity index (χ2n) is 10.4. The average Bonchev–Trinajstić information content (AvgIpc) is 2.91. The number of rotatable bonds is 6. The third kappa shape index (κ3) is 6.45. The first kappa shape index (κ1) is 30.7. The molecule has 2 aromatic rings. The Morgan fingerprint density at radius 3 is 2.02 bits per heavy atom. The van der Waals surface area contributed by atoms with E-state index in [4.69, 9.17) is 34.8 Å². The van der Waals surface area contributed by atoms with E-state index in [1.807, 2.05) is 0 Å². The molecule has 40 heavy (non-hydrogen) atoms. The van der Waals surface area contributed by atoms with Crippen LogP contribution in [0.15, 0.2) is 30.3 Å². The molecule has 1 unspecified atom stereocenters. The Morgan fingerprint density at radius 1 is 0.975 bits per heavy atom. The largest absolute Gasteiger partial charge is 0.430 e. The molecule has 0 radical (unpaired) electrons. The molecule has 2 saturated heterocycles. The van der Waals surface area contributed by atoms with Crippen molar-refractivity contribution in [2.45, 2.75) is 43.9 Å². The van der Waals surface area contributed by atoms with E-state index in [2.05, 4.69) is 15.2 Å². The number of halogens is 6. The predicted octanol–water partition coefficient (Wildman–Crippen LogP) is 5.70. The number of nitrogens with zero attached hydrogens (tertiary/aromatic N) is 3. The molecule has 1 aromatic carbocycles. The van der Waals surface area contributed by atoms with Gasteiger partial charge in [-0.3, -0.25) is 9.59 Å². The molecule has 0 saturated carbocycles. The van der Waals surface area contributed by atoms with E-state index in [1.165, 1.54) is 13.1 Å². The maximum absolute atomic E-state index is 14.1. The number of alkyl halides is 3. The zero-order chi connectivity index (χ0) is 29.2. The molecule has 0 spiro atoms. The van der Waals surface area contributed by atoms with Crippen LogP contribution in [0.5, 0.6) is 0 Å². The number of amides is 2. The van der Waals surface area contributed by atoms with Gasteiger partial charge in [-0.1, -0.05) is 34.8 Å². The van der Waals surface area contributed by atoms with Gasteiger partial charge in [-0.25, -0.2) is 4.98 Å². The molecular formula is C27H30Cl3F3N4O3. The maximum atomic E-state index is 14.1. The summed E-state index contributed by atoms with van der Waals surface area (Å²) in [4.78, 5) is 32.5. The molecule has 2 aliphatic rings. The molecule has 218 valence electrons. The Hall–Kier alpha value is -2.27. The summed E-state index contributed by atoms with van der Waals surface area (Å²) in [5.41, 5.74) is -4.12. The number of hydrogen-bond donors (Lipinski definition) is 2. The van der Waals surface area contributed by atoms with E-state index in [1.54, 1.807) is 12.1 Å². The van der Waals surface area contributed by atoms with E-state index in [0.717, 1.165) is 49.4 Å².